The number of amides is 2. The third-order valence-electron chi connectivity index (χ3n) is 2.27. The largest absolute Gasteiger partial charge is 0.337 e. The van der Waals surface area contributed by atoms with Crippen LogP contribution in [0.2, 0.25) is 5.02 Å². The Morgan fingerprint density at radius 2 is 2.26 bits per heavy atom. The van der Waals surface area contributed by atoms with Crippen molar-refractivity contribution in [2.45, 2.75) is 6.42 Å². The number of nitrogens with one attached hydrogen (secondary N) is 2. The Kier molecular flexibility index (Phi) is 4.70. The van der Waals surface area contributed by atoms with Crippen molar-refractivity contribution in [3.63, 3.8) is 0 Å². The van der Waals surface area contributed by atoms with E-state index in [1.54, 1.807) is 5.51 Å². The molecule has 0 bridgehead atoms. The monoisotopic (exact) mass is 299 g/mol. The van der Waals surface area contributed by atoms with Gasteiger partial charge in [-0.15, -0.1) is 11.3 Å². The zero-order valence-electron chi connectivity index (χ0n) is 9.82. The molecule has 19 heavy (non-hydrogen) atoms. The lowest BCUT2D eigenvalue weighted by molar-refractivity contribution is 0.252. The molecule has 0 radical (unpaired) electrons. The molecule has 0 spiro atoms. The molecule has 0 aliphatic rings. The van der Waals surface area contributed by atoms with E-state index >= 15 is 0 Å². The maximum absolute atomic E-state index is 13.1. The van der Waals surface area contributed by atoms with Gasteiger partial charge in [0.1, 0.15) is 5.82 Å². The SMILES string of the molecule is O=C(NCCc1cscn1)Nc1cc(F)cc(Cl)c1. The predicted octanol–water partition coefficient (Wildman–Crippen LogP) is 3.30. The molecule has 7 heteroatoms. The first-order valence-corrected chi connectivity index (χ1v) is 6.83. The fraction of sp³-hybridized carbons (Fsp3) is 0.167. The highest BCUT2D eigenvalue weighted by Gasteiger charge is 2.04. The fourth-order valence-electron chi connectivity index (χ4n) is 1.47. The zero-order valence-corrected chi connectivity index (χ0v) is 11.4. The van der Waals surface area contributed by atoms with E-state index in [-0.39, 0.29) is 5.02 Å². The molecule has 0 fully saturated rings. The Labute approximate surface area is 118 Å². The van der Waals surface area contributed by atoms with Crippen molar-refractivity contribution in [2.75, 3.05) is 11.9 Å². The number of carbonyl (C=O) groups excluding carboxylic acids is 1. The Balaban J connectivity index is 1.80. The normalized spacial score (nSPS) is 10.2. The van der Waals surface area contributed by atoms with Crippen LogP contribution >= 0.6 is 22.9 Å². The number of carbonyl (C=O) groups is 1. The average Bonchev–Trinajstić information content (AvgIpc) is 2.80. The molecule has 0 aliphatic heterocycles. The third kappa shape index (κ3) is 4.50. The quantitative estimate of drug-likeness (QED) is 0.910. The molecule has 0 saturated carbocycles. The number of hydrogen-bond donors (Lipinski definition) is 2. The van der Waals surface area contributed by atoms with Gasteiger partial charge in [0, 0.05) is 29.1 Å². The van der Waals surface area contributed by atoms with E-state index < -0.39 is 11.8 Å². The maximum Gasteiger partial charge on any atom is 0.319 e. The minimum atomic E-state index is -0.495. The maximum atomic E-state index is 13.1. The Bertz CT molecular complexity index is 542. The van der Waals surface area contributed by atoms with Gasteiger partial charge in [-0.25, -0.2) is 14.2 Å². The highest BCUT2D eigenvalue weighted by Crippen LogP contribution is 2.17. The topological polar surface area (TPSA) is 54.0 Å². The van der Waals surface area contributed by atoms with E-state index in [9.17, 15) is 9.18 Å². The molecule has 1 aromatic heterocycles. The lowest BCUT2D eigenvalue weighted by Crippen LogP contribution is -2.30. The number of rotatable bonds is 4. The van der Waals surface area contributed by atoms with Gasteiger partial charge < -0.3 is 10.6 Å². The first-order valence-electron chi connectivity index (χ1n) is 5.51. The fourth-order valence-corrected chi connectivity index (χ4v) is 2.28. The summed E-state index contributed by atoms with van der Waals surface area (Å²) in [7, 11) is 0. The van der Waals surface area contributed by atoms with Crippen LogP contribution in [0.4, 0.5) is 14.9 Å². The number of hydrogen-bond acceptors (Lipinski definition) is 3. The van der Waals surface area contributed by atoms with Crippen LogP contribution in [0.3, 0.4) is 0 Å². The van der Waals surface area contributed by atoms with Crippen molar-refractivity contribution < 1.29 is 9.18 Å². The van der Waals surface area contributed by atoms with Crippen molar-refractivity contribution in [3.05, 3.63) is 45.6 Å². The molecule has 4 nitrogen and oxygen atoms in total. The first kappa shape index (κ1) is 13.8. The second-order valence-corrected chi connectivity index (χ2v) is 4.92. The van der Waals surface area contributed by atoms with Gasteiger partial charge in [-0.2, -0.15) is 0 Å². The predicted molar refractivity (Wildman–Crippen MR) is 74.2 cm³/mol. The summed E-state index contributed by atoms with van der Waals surface area (Å²) in [5.41, 5.74) is 2.99. The lowest BCUT2D eigenvalue weighted by Gasteiger charge is -2.07. The van der Waals surface area contributed by atoms with Gasteiger partial charge in [0.25, 0.3) is 0 Å². The summed E-state index contributed by atoms with van der Waals surface area (Å²) in [4.78, 5) is 15.7. The number of anilines is 1. The summed E-state index contributed by atoms with van der Waals surface area (Å²) in [6, 6.07) is 3.44. The van der Waals surface area contributed by atoms with Crippen molar-refractivity contribution in [1.82, 2.24) is 10.3 Å². The van der Waals surface area contributed by atoms with E-state index in [1.807, 2.05) is 5.38 Å². The van der Waals surface area contributed by atoms with E-state index in [0.29, 0.717) is 18.7 Å². The number of thiazole rings is 1. The summed E-state index contributed by atoms with van der Waals surface area (Å²) < 4.78 is 13.1. The van der Waals surface area contributed by atoms with Gasteiger partial charge in [0.2, 0.25) is 0 Å². The second kappa shape index (κ2) is 6.49. The van der Waals surface area contributed by atoms with Crippen molar-refractivity contribution in [2.24, 2.45) is 0 Å². The molecule has 2 rings (SSSR count). The van der Waals surface area contributed by atoms with Gasteiger partial charge in [-0.3, -0.25) is 0 Å². The van der Waals surface area contributed by atoms with Crippen LogP contribution < -0.4 is 10.6 Å². The average molecular weight is 300 g/mol. The van der Waals surface area contributed by atoms with Gasteiger partial charge in [-0.1, -0.05) is 11.6 Å². The standard InChI is InChI=1S/C12H11ClFN3OS/c13-8-3-9(14)5-11(4-8)17-12(18)15-2-1-10-6-19-7-16-10/h3-7H,1-2H2,(H2,15,17,18). The van der Waals surface area contributed by atoms with Crippen LogP contribution in [-0.4, -0.2) is 17.6 Å². The second-order valence-electron chi connectivity index (χ2n) is 3.77. The Morgan fingerprint density at radius 3 is 2.95 bits per heavy atom. The highest BCUT2D eigenvalue weighted by atomic mass is 35.5. The molecular formula is C12H11ClFN3OS. The number of aromatic nitrogens is 1. The molecule has 2 N–H and O–H groups in total. The van der Waals surface area contributed by atoms with Crippen LogP contribution in [-0.2, 0) is 6.42 Å². The summed E-state index contributed by atoms with van der Waals surface area (Å²) in [5, 5.41) is 7.33. The summed E-state index contributed by atoms with van der Waals surface area (Å²) in [5.74, 6) is -0.495. The van der Waals surface area contributed by atoms with Gasteiger partial charge >= 0.3 is 6.03 Å². The highest BCUT2D eigenvalue weighted by molar-refractivity contribution is 7.07. The third-order valence-corrected chi connectivity index (χ3v) is 3.12. The lowest BCUT2D eigenvalue weighted by atomic mass is 10.3. The summed E-state index contributed by atoms with van der Waals surface area (Å²) >= 11 is 7.20. The van der Waals surface area contributed by atoms with Crippen molar-refractivity contribution in [1.29, 1.82) is 0 Å². The van der Waals surface area contributed by atoms with Crippen LogP contribution in [0.15, 0.2) is 29.1 Å². The van der Waals surface area contributed by atoms with Crippen molar-refractivity contribution >= 4 is 34.7 Å². The first-order chi connectivity index (χ1) is 9.13. The molecule has 100 valence electrons. The van der Waals surface area contributed by atoms with Crippen LogP contribution in [0.5, 0.6) is 0 Å². The van der Waals surface area contributed by atoms with Crippen molar-refractivity contribution in [3.8, 4) is 0 Å². The molecule has 0 unspecified atom stereocenters. The zero-order chi connectivity index (χ0) is 13.7. The number of nitrogens with zero attached hydrogens (tertiary/aromatic N) is 1. The van der Waals surface area contributed by atoms with E-state index in [4.69, 9.17) is 11.6 Å². The summed E-state index contributed by atoms with van der Waals surface area (Å²) in [6.07, 6.45) is 0.654. The number of halogens is 2. The molecule has 1 heterocycles. The number of urea groups is 1. The van der Waals surface area contributed by atoms with E-state index in [0.717, 1.165) is 5.69 Å². The Hall–Kier alpha value is -1.66. The van der Waals surface area contributed by atoms with Gasteiger partial charge in [0.15, 0.2) is 0 Å². The van der Waals surface area contributed by atoms with Crippen LogP contribution in [0.25, 0.3) is 0 Å². The minimum Gasteiger partial charge on any atom is -0.337 e. The minimum absolute atomic E-state index is 0.234. The molecule has 0 atom stereocenters. The molecular weight excluding hydrogens is 289 g/mol. The van der Waals surface area contributed by atoms with Gasteiger partial charge in [0.05, 0.1) is 11.2 Å². The number of benzene rings is 1. The molecule has 0 aliphatic carbocycles. The molecule has 1 aromatic carbocycles. The van der Waals surface area contributed by atoms with Gasteiger partial charge in [-0.05, 0) is 18.2 Å². The molecule has 2 aromatic rings. The van der Waals surface area contributed by atoms with Crippen LogP contribution in [0, 0.1) is 5.82 Å². The van der Waals surface area contributed by atoms with E-state index in [2.05, 4.69) is 15.6 Å². The summed E-state index contributed by atoms with van der Waals surface area (Å²) in [6.45, 7) is 0.457. The molecule has 2 amide bonds. The van der Waals surface area contributed by atoms with Crippen LogP contribution in [0.1, 0.15) is 5.69 Å². The van der Waals surface area contributed by atoms with E-state index in [1.165, 1.54) is 29.5 Å². The smallest absolute Gasteiger partial charge is 0.319 e. The Morgan fingerprint density at radius 1 is 1.42 bits per heavy atom. The molecule has 0 saturated heterocycles.